The molecule has 3 aromatic rings. The number of rotatable bonds is 10. The van der Waals surface area contributed by atoms with Crippen LogP contribution in [0.5, 0.6) is 0 Å². The Labute approximate surface area is 330 Å². The van der Waals surface area contributed by atoms with Crippen LogP contribution in [-0.4, -0.2) is 144 Å². The Kier molecular flexibility index (Phi) is 15.0. The number of piperidine rings is 1. The van der Waals surface area contributed by atoms with Gasteiger partial charge in [0.15, 0.2) is 0 Å². The Morgan fingerprint density at radius 1 is 0.768 bits per heavy atom. The second-order valence-corrected chi connectivity index (χ2v) is 16.0. The van der Waals surface area contributed by atoms with Crippen LogP contribution in [0.1, 0.15) is 86.8 Å². The van der Waals surface area contributed by atoms with Gasteiger partial charge in [-0.05, 0) is 68.5 Å². The standard InChI is InChI=1S/C40H53FN8O4.C3H8/c41-35-11-10-30(25-36-32-8-4-5-9-33(32)39(52)44-43-36)24-34(35)40(53)49-22-20-48(21-23-49)38(51)28-45-14-12-29(13-15-45)27-46-16-18-47(19-17-46)37(50)26-42-31-6-2-1-3-7-31;1-3-2/h4-5,8-11,24,29,31,42H,1-3,6-7,12-23,25-28H2,(H,44,52);3H2,1-2H3. The molecule has 1 aromatic heterocycles. The Bertz CT molecular complexity index is 1820. The number of piperazine rings is 2. The fourth-order valence-corrected chi connectivity index (χ4v) is 8.49. The first-order chi connectivity index (χ1) is 27.2. The number of hydrogen-bond acceptors (Lipinski definition) is 8. The van der Waals surface area contributed by atoms with E-state index in [1.54, 1.807) is 29.2 Å². The predicted octanol–water partition coefficient (Wildman–Crippen LogP) is 4.13. The maximum absolute atomic E-state index is 15.0. The molecule has 3 aliphatic heterocycles. The molecule has 2 aromatic carbocycles. The molecule has 4 fully saturated rings. The monoisotopic (exact) mass is 772 g/mol. The lowest BCUT2D eigenvalue weighted by Crippen LogP contribution is -2.54. The topological polar surface area (TPSA) is 125 Å². The largest absolute Gasteiger partial charge is 0.339 e. The van der Waals surface area contributed by atoms with E-state index < -0.39 is 11.7 Å². The van der Waals surface area contributed by atoms with Crippen LogP contribution in [0.3, 0.4) is 0 Å². The van der Waals surface area contributed by atoms with Crippen LogP contribution in [0.2, 0.25) is 0 Å². The SMILES string of the molecule is CCC.O=C(CNC1CCCCC1)N1CCN(CC2CCN(CC(=O)N3CCN(C(=O)c4cc(Cc5n[nH]c(=O)c6ccccc56)ccc4F)CC3)CC2)CC1. The number of amides is 3. The highest BCUT2D eigenvalue weighted by Gasteiger charge is 2.30. The van der Waals surface area contributed by atoms with E-state index in [0.717, 1.165) is 64.0 Å². The minimum Gasteiger partial charge on any atom is -0.339 e. The molecule has 304 valence electrons. The summed E-state index contributed by atoms with van der Waals surface area (Å²) in [7, 11) is 0. The molecule has 4 heterocycles. The van der Waals surface area contributed by atoms with Crippen LogP contribution in [-0.2, 0) is 16.0 Å². The average Bonchev–Trinajstić information content (AvgIpc) is 3.23. The molecule has 12 nitrogen and oxygen atoms in total. The summed E-state index contributed by atoms with van der Waals surface area (Å²) in [6.07, 6.45) is 9.91. The quantitative estimate of drug-likeness (QED) is 0.316. The zero-order valence-electron chi connectivity index (χ0n) is 33.4. The van der Waals surface area contributed by atoms with E-state index in [9.17, 15) is 23.6 Å². The molecule has 7 rings (SSSR count). The highest BCUT2D eigenvalue weighted by Crippen LogP contribution is 2.22. The van der Waals surface area contributed by atoms with Gasteiger partial charge in [0.1, 0.15) is 5.82 Å². The van der Waals surface area contributed by atoms with E-state index in [1.807, 2.05) is 21.9 Å². The van der Waals surface area contributed by atoms with E-state index in [1.165, 1.54) is 44.6 Å². The average molecular weight is 773 g/mol. The second kappa shape index (κ2) is 20.3. The molecule has 0 spiro atoms. The number of benzene rings is 2. The van der Waals surface area contributed by atoms with Crippen LogP contribution in [0.4, 0.5) is 4.39 Å². The molecule has 0 atom stereocenters. The van der Waals surface area contributed by atoms with Gasteiger partial charge in [0.05, 0.1) is 29.7 Å². The van der Waals surface area contributed by atoms with Gasteiger partial charge < -0.3 is 20.0 Å². The third kappa shape index (κ3) is 11.0. The second-order valence-electron chi connectivity index (χ2n) is 16.0. The molecule has 2 N–H and O–H groups in total. The molecule has 3 amide bonds. The summed E-state index contributed by atoms with van der Waals surface area (Å²) in [5.41, 5.74) is 1.08. The molecule has 0 unspecified atom stereocenters. The van der Waals surface area contributed by atoms with Gasteiger partial charge in [-0.15, -0.1) is 0 Å². The number of nitrogens with zero attached hydrogens (tertiary/aromatic N) is 6. The van der Waals surface area contributed by atoms with E-state index in [4.69, 9.17) is 0 Å². The van der Waals surface area contributed by atoms with Crippen molar-refractivity contribution in [2.24, 2.45) is 5.92 Å². The summed E-state index contributed by atoms with van der Waals surface area (Å²) < 4.78 is 15.0. The normalized spacial score (nSPS) is 19.2. The Hall–Kier alpha value is -4.20. The molecule has 13 heteroatoms. The maximum atomic E-state index is 15.0. The Morgan fingerprint density at radius 2 is 1.39 bits per heavy atom. The summed E-state index contributed by atoms with van der Waals surface area (Å²) in [6.45, 7) is 12.9. The molecule has 1 saturated carbocycles. The molecular formula is C43H61FN8O4. The summed E-state index contributed by atoms with van der Waals surface area (Å²) >= 11 is 0. The Morgan fingerprint density at radius 3 is 2.09 bits per heavy atom. The van der Waals surface area contributed by atoms with Gasteiger partial charge in [-0.3, -0.25) is 29.0 Å². The minimum absolute atomic E-state index is 0.00333. The smallest absolute Gasteiger partial charge is 0.272 e. The van der Waals surface area contributed by atoms with Gasteiger partial charge in [-0.1, -0.05) is 63.8 Å². The van der Waals surface area contributed by atoms with Gasteiger partial charge in [0.2, 0.25) is 11.8 Å². The molecule has 4 aliphatic rings. The van der Waals surface area contributed by atoms with Crippen LogP contribution in [0.25, 0.3) is 10.8 Å². The third-order valence-corrected chi connectivity index (χ3v) is 11.8. The molecule has 56 heavy (non-hydrogen) atoms. The number of aromatic amines is 1. The maximum Gasteiger partial charge on any atom is 0.272 e. The zero-order chi connectivity index (χ0) is 39.4. The lowest BCUT2D eigenvalue weighted by molar-refractivity contribution is -0.134. The number of carbonyl (C=O) groups is 3. The fraction of sp³-hybridized carbons (Fsp3) is 0.605. The van der Waals surface area contributed by atoms with Crippen molar-refractivity contribution < 1.29 is 18.8 Å². The van der Waals surface area contributed by atoms with Crippen molar-refractivity contribution in [3.63, 3.8) is 0 Å². The fourth-order valence-electron chi connectivity index (χ4n) is 8.49. The van der Waals surface area contributed by atoms with Gasteiger partial charge in [0, 0.05) is 76.8 Å². The van der Waals surface area contributed by atoms with Crippen molar-refractivity contribution in [3.05, 3.63) is 75.5 Å². The van der Waals surface area contributed by atoms with Gasteiger partial charge >= 0.3 is 0 Å². The van der Waals surface area contributed by atoms with E-state index in [2.05, 4.69) is 39.2 Å². The summed E-state index contributed by atoms with van der Waals surface area (Å²) in [4.78, 5) is 61.9. The van der Waals surface area contributed by atoms with Gasteiger partial charge in [-0.2, -0.15) is 5.10 Å². The number of likely N-dealkylation sites (tertiary alicyclic amines) is 1. The van der Waals surface area contributed by atoms with E-state index in [0.29, 0.717) is 74.3 Å². The van der Waals surface area contributed by atoms with E-state index >= 15 is 0 Å². The van der Waals surface area contributed by atoms with Crippen LogP contribution in [0, 0.1) is 11.7 Å². The minimum atomic E-state index is -0.588. The van der Waals surface area contributed by atoms with E-state index in [-0.39, 0.29) is 22.9 Å². The first-order valence-electron chi connectivity index (χ1n) is 21.0. The Balaban J connectivity index is 0.00000172. The molecule has 0 radical (unpaired) electrons. The van der Waals surface area contributed by atoms with Crippen LogP contribution >= 0.6 is 0 Å². The first-order valence-corrected chi connectivity index (χ1v) is 21.0. The van der Waals surface area contributed by atoms with Gasteiger partial charge in [-0.25, -0.2) is 9.49 Å². The van der Waals surface area contributed by atoms with Crippen molar-refractivity contribution in [2.45, 2.75) is 77.7 Å². The van der Waals surface area contributed by atoms with Crippen molar-refractivity contribution in [1.29, 1.82) is 0 Å². The first kappa shape index (κ1) is 41.4. The predicted molar refractivity (Wildman–Crippen MR) is 217 cm³/mol. The van der Waals surface area contributed by atoms with Crippen molar-refractivity contribution in [2.75, 3.05) is 85.1 Å². The van der Waals surface area contributed by atoms with Gasteiger partial charge in [0.25, 0.3) is 11.5 Å². The number of halogens is 1. The van der Waals surface area contributed by atoms with Crippen molar-refractivity contribution in [1.82, 2.24) is 40.0 Å². The molecule has 3 saturated heterocycles. The molecule has 1 aliphatic carbocycles. The zero-order valence-corrected chi connectivity index (χ0v) is 33.4. The lowest BCUT2D eigenvalue weighted by Gasteiger charge is -2.39. The summed E-state index contributed by atoms with van der Waals surface area (Å²) in [5, 5.41) is 11.5. The summed E-state index contributed by atoms with van der Waals surface area (Å²) in [5.74, 6) is -0.0830. The lowest BCUT2D eigenvalue weighted by atomic mass is 9.95. The number of fused-ring (bicyclic) bond motifs is 1. The van der Waals surface area contributed by atoms with Crippen LogP contribution in [0.15, 0.2) is 47.3 Å². The highest BCUT2D eigenvalue weighted by molar-refractivity contribution is 5.95. The number of aromatic nitrogens is 2. The highest BCUT2D eigenvalue weighted by atomic mass is 19.1. The van der Waals surface area contributed by atoms with Crippen LogP contribution < -0.4 is 10.9 Å². The molecule has 0 bridgehead atoms. The number of hydrogen-bond donors (Lipinski definition) is 2. The number of H-pyrrole nitrogens is 1. The summed E-state index contributed by atoms with van der Waals surface area (Å²) in [6, 6.07) is 12.2. The number of nitrogens with one attached hydrogen (secondary N) is 2. The van der Waals surface area contributed by atoms with Crippen molar-refractivity contribution in [3.8, 4) is 0 Å². The van der Waals surface area contributed by atoms with Crippen molar-refractivity contribution >= 4 is 28.5 Å². The molecular weight excluding hydrogens is 712 g/mol. The number of carbonyl (C=O) groups excluding carboxylic acids is 3. The third-order valence-electron chi connectivity index (χ3n) is 11.8.